The van der Waals surface area contributed by atoms with Gasteiger partial charge in [0.05, 0.1) is 67.3 Å². The van der Waals surface area contributed by atoms with Gasteiger partial charge >= 0.3 is 20.1 Å². The molecule has 10 heteroatoms. The summed E-state index contributed by atoms with van der Waals surface area (Å²) in [5.41, 5.74) is 29.2. The predicted octanol–water partition coefficient (Wildman–Crippen LogP) is 26.8. The zero-order valence-corrected chi connectivity index (χ0v) is 65.4. The second-order valence-corrected chi connectivity index (χ2v) is 30.2. The van der Waals surface area contributed by atoms with Crippen LogP contribution in [0.3, 0.4) is 0 Å². The maximum atomic E-state index is 6.42. The van der Waals surface area contributed by atoms with Crippen LogP contribution in [-0.4, -0.2) is 28.7 Å². The number of benzene rings is 12. The summed E-state index contributed by atoms with van der Waals surface area (Å²) in [6, 6.07) is 86.9. The predicted molar refractivity (Wildman–Crippen MR) is 437 cm³/mol. The van der Waals surface area contributed by atoms with E-state index in [0.29, 0.717) is 35.5 Å². The third-order valence-electron chi connectivity index (χ3n) is 20.8. The van der Waals surface area contributed by atoms with Crippen molar-refractivity contribution >= 4 is 98.9 Å². The fraction of sp³-hybridized carbons (Fsp3) is 0.219. The Hall–Kier alpha value is -10.9. The molecule has 9 nitrogen and oxygen atoms in total. The standard InChI is InChI=1S/3C32H29N2O.Ir/c3*1-19(2)22-11-8-12-23(20(3)4)30(22)34-28-18-21(5)16-17-27(28)33-32(34)26-14-9-13-25-24-10-6-7-15-29(24)35-31(25)26;/h3*6-13,15-20H,1-5H3;/q3*-1;+3. The molecule has 0 atom stereocenters. The minimum absolute atomic E-state index is 0. The van der Waals surface area contributed by atoms with Crippen molar-refractivity contribution in [2.75, 3.05) is 0 Å². The summed E-state index contributed by atoms with van der Waals surface area (Å²) >= 11 is 0. The molecule has 0 spiro atoms. The van der Waals surface area contributed by atoms with E-state index in [-0.39, 0.29) is 20.1 Å². The van der Waals surface area contributed by atoms with Crippen molar-refractivity contribution in [1.82, 2.24) is 28.7 Å². The van der Waals surface area contributed by atoms with Gasteiger partial charge in [0.25, 0.3) is 0 Å². The summed E-state index contributed by atoms with van der Waals surface area (Å²) in [6.45, 7) is 33.6. The minimum Gasteiger partial charge on any atom is -0.501 e. The molecule has 528 valence electrons. The number of furan rings is 3. The molecule has 18 rings (SSSR count). The zero-order valence-electron chi connectivity index (χ0n) is 63.0. The van der Waals surface area contributed by atoms with Gasteiger partial charge in [0.2, 0.25) is 0 Å². The molecule has 0 unspecified atom stereocenters. The maximum Gasteiger partial charge on any atom is 3.00 e. The minimum atomic E-state index is 0. The van der Waals surface area contributed by atoms with Crippen LogP contribution in [0.25, 0.3) is 150 Å². The number of hydrogen-bond donors (Lipinski definition) is 0. The average molecular weight is 1570 g/mol. The van der Waals surface area contributed by atoms with Gasteiger partial charge in [0, 0.05) is 33.2 Å². The summed E-state index contributed by atoms with van der Waals surface area (Å²) < 4.78 is 26.3. The first kappa shape index (κ1) is 70.7. The third-order valence-corrected chi connectivity index (χ3v) is 20.8. The average Bonchev–Trinajstić information content (AvgIpc) is 1.56. The molecule has 0 saturated carbocycles. The molecule has 0 N–H and O–H groups in total. The van der Waals surface area contributed by atoms with E-state index in [4.69, 9.17) is 28.2 Å². The van der Waals surface area contributed by atoms with Crippen LogP contribution in [0, 0.1) is 39.0 Å². The number of rotatable bonds is 12. The summed E-state index contributed by atoms with van der Waals surface area (Å²) in [6.07, 6.45) is 0. The van der Waals surface area contributed by atoms with Crippen LogP contribution in [0.2, 0.25) is 0 Å². The number of para-hydroxylation sites is 6. The van der Waals surface area contributed by atoms with Crippen LogP contribution in [0.4, 0.5) is 0 Å². The Balaban J connectivity index is 0.000000127. The Morgan fingerprint density at radius 2 is 0.528 bits per heavy atom. The fourth-order valence-electron chi connectivity index (χ4n) is 15.6. The number of aromatic nitrogens is 6. The summed E-state index contributed by atoms with van der Waals surface area (Å²) in [7, 11) is 0. The van der Waals surface area contributed by atoms with E-state index < -0.39 is 0 Å². The second-order valence-electron chi connectivity index (χ2n) is 30.2. The van der Waals surface area contributed by atoms with E-state index in [2.05, 4.69) is 300 Å². The number of hydrogen-bond acceptors (Lipinski definition) is 6. The number of aryl methyl sites for hydroxylation is 3. The number of fused-ring (bicyclic) bond motifs is 12. The van der Waals surface area contributed by atoms with Gasteiger partial charge < -0.3 is 27.0 Å². The van der Waals surface area contributed by atoms with Crippen molar-refractivity contribution in [3.05, 3.63) is 287 Å². The molecule has 106 heavy (non-hydrogen) atoms. The molecule has 6 heterocycles. The largest absolute Gasteiger partial charge is 3.00 e. The summed E-state index contributed by atoms with van der Waals surface area (Å²) in [4.78, 5) is 15.6. The molecule has 0 radical (unpaired) electrons. The maximum absolute atomic E-state index is 6.42. The van der Waals surface area contributed by atoms with Crippen molar-refractivity contribution in [2.24, 2.45) is 0 Å². The molecule has 18 aromatic rings. The summed E-state index contributed by atoms with van der Waals surface area (Å²) in [5, 5.41) is 6.60. The molecular formula is C96H87IrN6O3. The SMILES string of the molecule is Cc1ccc2nc(-c3[c-]ccc4c3oc3ccccc34)n(-c3c(C(C)C)cccc3C(C)C)c2c1.Cc1ccc2nc(-c3[c-]ccc4c3oc3ccccc34)n(-c3c(C(C)C)cccc3C(C)C)c2c1.Cc1ccc2nc(-c3[c-]ccc4c3oc3ccccc34)n(-c3c(C(C)C)cccc3C(C)C)c2c1.[Ir+3]. The molecule has 0 aliphatic heterocycles. The second kappa shape index (κ2) is 28.5. The van der Waals surface area contributed by atoms with E-state index in [1.807, 2.05) is 54.6 Å². The van der Waals surface area contributed by atoms with E-state index in [1.165, 1.54) is 67.1 Å². The van der Waals surface area contributed by atoms with E-state index in [9.17, 15) is 0 Å². The van der Waals surface area contributed by atoms with Crippen LogP contribution >= 0.6 is 0 Å². The third kappa shape index (κ3) is 12.3. The molecule has 0 amide bonds. The molecule has 0 bridgehead atoms. The smallest absolute Gasteiger partial charge is 0.501 e. The van der Waals surface area contributed by atoms with Gasteiger partial charge in [-0.1, -0.05) is 243 Å². The van der Waals surface area contributed by atoms with E-state index in [0.717, 1.165) is 133 Å². The molecule has 0 aliphatic rings. The van der Waals surface area contributed by atoms with Gasteiger partial charge in [-0.3, -0.25) is 15.0 Å². The van der Waals surface area contributed by atoms with Crippen LogP contribution in [0.5, 0.6) is 0 Å². The first-order chi connectivity index (χ1) is 50.8. The normalized spacial score (nSPS) is 12.0. The Morgan fingerprint density at radius 3 is 0.774 bits per heavy atom. The monoisotopic (exact) mass is 1560 g/mol. The first-order valence-electron chi connectivity index (χ1n) is 37.1. The Kier molecular flexibility index (Phi) is 19.0. The van der Waals surface area contributed by atoms with E-state index >= 15 is 0 Å². The van der Waals surface area contributed by atoms with Gasteiger partial charge in [-0.2, -0.15) is 0 Å². The zero-order chi connectivity index (χ0) is 72.8. The van der Waals surface area contributed by atoms with Gasteiger partial charge in [0.1, 0.15) is 16.7 Å². The van der Waals surface area contributed by atoms with Gasteiger partial charge in [0.15, 0.2) is 0 Å². The topological polar surface area (TPSA) is 92.9 Å². The van der Waals surface area contributed by atoms with E-state index in [1.54, 1.807) is 0 Å². The van der Waals surface area contributed by atoms with Crippen molar-refractivity contribution in [3.63, 3.8) is 0 Å². The van der Waals surface area contributed by atoms with Crippen LogP contribution in [0.15, 0.2) is 232 Å². The van der Waals surface area contributed by atoms with Gasteiger partial charge in [-0.15, -0.1) is 54.6 Å². The quantitative estimate of drug-likeness (QED) is 0.113. The Labute approximate surface area is 633 Å². The van der Waals surface area contributed by atoms with Gasteiger partial charge in [-0.05, 0) is 161 Å². The Bertz CT molecular complexity index is 5690. The van der Waals surface area contributed by atoms with Gasteiger partial charge in [-0.25, -0.2) is 0 Å². The molecule has 12 aromatic carbocycles. The molecule has 0 saturated heterocycles. The van der Waals surface area contributed by atoms with Crippen molar-refractivity contribution in [1.29, 1.82) is 0 Å². The van der Waals surface area contributed by atoms with Crippen LogP contribution in [0.1, 0.15) is 169 Å². The van der Waals surface area contributed by atoms with Crippen molar-refractivity contribution in [3.8, 4) is 51.2 Å². The first-order valence-corrected chi connectivity index (χ1v) is 37.1. The van der Waals surface area contributed by atoms with Crippen LogP contribution < -0.4 is 0 Å². The van der Waals surface area contributed by atoms with Crippen molar-refractivity contribution < 1.29 is 33.4 Å². The number of imidazole rings is 3. The molecule has 0 aliphatic carbocycles. The van der Waals surface area contributed by atoms with Crippen molar-refractivity contribution in [2.45, 2.75) is 139 Å². The number of nitrogens with zero attached hydrogens (tertiary/aromatic N) is 6. The molecule has 0 fully saturated rings. The fourth-order valence-corrected chi connectivity index (χ4v) is 15.6. The molecule has 6 aromatic heterocycles. The Morgan fingerprint density at radius 1 is 0.283 bits per heavy atom. The molecular weight excluding hydrogens is 1480 g/mol. The summed E-state index contributed by atoms with van der Waals surface area (Å²) in [5.74, 6) is 4.79. The van der Waals surface area contributed by atoms with Crippen LogP contribution in [-0.2, 0) is 20.1 Å².